The minimum atomic E-state index is -0.399. The Labute approximate surface area is 59.2 Å². The first-order valence-electron chi connectivity index (χ1n) is 3.15. The van der Waals surface area contributed by atoms with Gasteiger partial charge in [0.1, 0.15) is 0 Å². The van der Waals surface area contributed by atoms with E-state index in [-0.39, 0.29) is 12.6 Å². The number of hydrogen-bond acceptors (Lipinski definition) is 4. The van der Waals surface area contributed by atoms with E-state index in [1.165, 1.54) is 7.11 Å². The number of hydrogen-bond donors (Lipinski definition) is 1. The predicted molar refractivity (Wildman–Crippen MR) is 33.8 cm³/mol. The van der Waals surface area contributed by atoms with E-state index in [0.29, 0.717) is 0 Å². The number of carbonyl (C=O) groups excluding carboxylic acids is 1. The van der Waals surface area contributed by atoms with E-state index in [1.54, 1.807) is 0 Å². The van der Waals surface area contributed by atoms with E-state index in [9.17, 15) is 4.79 Å². The molecule has 0 aromatic heterocycles. The molecule has 0 radical (unpaired) electrons. The van der Waals surface area contributed by atoms with E-state index < -0.39 is 5.41 Å². The lowest BCUT2D eigenvalue weighted by Gasteiger charge is -2.08. The molecule has 0 heterocycles. The van der Waals surface area contributed by atoms with Crippen LogP contribution in [0.1, 0.15) is 12.8 Å². The zero-order valence-corrected chi connectivity index (χ0v) is 5.92. The topological polar surface area (TPSA) is 61.5 Å². The molecule has 0 atom stereocenters. The quantitative estimate of drug-likeness (QED) is 0.442. The molecule has 0 aromatic rings. The van der Waals surface area contributed by atoms with Gasteiger partial charge >= 0.3 is 5.97 Å². The van der Waals surface area contributed by atoms with Crippen molar-refractivity contribution in [1.82, 2.24) is 0 Å². The molecule has 0 saturated heterocycles. The molecule has 0 unspecified atom stereocenters. The fourth-order valence-electron chi connectivity index (χ4n) is 0.934. The predicted octanol–water partition coefficient (Wildman–Crippen LogP) is -0.170. The number of carbonyl (C=O) groups is 1. The van der Waals surface area contributed by atoms with Crippen LogP contribution in [0.25, 0.3) is 0 Å². The average Bonchev–Trinajstić information content (AvgIpc) is 2.69. The van der Waals surface area contributed by atoms with Gasteiger partial charge in [-0.2, -0.15) is 0 Å². The maximum atomic E-state index is 10.9. The zero-order chi connectivity index (χ0) is 7.61. The highest BCUT2D eigenvalue weighted by Gasteiger charge is 2.51. The lowest BCUT2D eigenvalue weighted by atomic mass is 10.1. The molecule has 0 bridgehead atoms. The van der Waals surface area contributed by atoms with Crippen molar-refractivity contribution < 1.29 is 14.4 Å². The Morgan fingerprint density at radius 1 is 1.70 bits per heavy atom. The highest BCUT2D eigenvalue weighted by molar-refractivity contribution is 5.79. The van der Waals surface area contributed by atoms with E-state index in [4.69, 9.17) is 5.90 Å². The van der Waals surface area contributed by atoms with Crippen LogP contribution in [0.15, 0.2) is 0 Å². The van der Waals surface area contributed by atoms with Crippen LogP contribution in [0.3, 0.4) is 0 Å². The third-order valence-corrected chi connectivity index (χ3v) is 1.83. The van der Waals surface area contributed by atoms with Crippen LogP contribution in [0, 0.1) is 5.41 Å². The van der Waals surface area contributed by atoms with Crippen LogP contribution in [-0.4, -0.2) is 19.7 Å². The molecule has 1 rings (SSSR count). The Balaban J connectivity index is 2.43. The Morgan fingerprint density at radius 3 is 2.60 bits per heavy atom. The number of esters is 1. The van der Waals surface area contributed by atoms with E-state index in [1.807, 2.05) is 0 Å². The smallest absolute Gasteiger partial charge is 0.314 e. The maximum Gasteiger partial charge on any atom is 0.314 e. The Kier molecular flexibility index (Phi) is 1.92. The van der Waals surface area contributed by atoms with Gasteiger partial charge in [0.2, 0.25) is 0 Å². The fourth-order valence-corrected chi connectivity index (χ4v) is 0.934. The summed E-state index contributed by atoms with van der Waals surface area (Å²) in [6, 6.07) is 0. The van der Waals surface area contributed by atoms with Crippen molar-refractivity contribution in [3.63, 3.8) is 0 Å². The molecule has 0 aromatic carbocycles. The number of nitrogens with two attached hydrogens (primary N) is 1. The monoisotopic (exact) mass is 145 g/mol. The molecule has 1 saturated carbocycles. The van der Waals surface area contributed by atoms with Crippen molar-refractivity contribution in [2.75, 3.05) is 13.7 Å². The van der Waals surface area contributed by atoms with Gasteiger partial charge in [0, 0.05) is 0 Å². The van der Waals surface area contributed by atoms with Gasteiger partial charge in [-0.15, -0.1) is 0 Å². The second-order valence-electron chi connectivity index (χ2n) is 2.58. The summed E-state index contributed by atoms with van der Waals surface area (Å²) in [4.78, 5) is 15.3. The standard InChI is InChI=1S/C6H11NO3/c1-9-5(8)6(2-3-6)4-10-7/h2-4,7H2,1H3. The van der Waals surface area contributed by atoms with Gasteiger partial charge in [0.25, 0.3) is 0 Å². The molecule has 1 aliphatic rings. The van der Waals surface area contributed by atoms with E-state index in [0.717, 1.165) is 12.8 Å². The Morgan fingerprint density at radius 2 is 2.30 bits per heavy atom. The van der Waals surface area contributed by atoms with Crippen molar-refractivity contribution in [2.45, 2.75) is 12.8 Å². The van der Waals surface area contributed by atoms with E-state index >= 15 is 0 Å². The van der Waals surface area contributed by atoms with Gasteiger partial charge in [0.05, 0.1) is 19.1 Å². The van der Waals surface area contributed by atoms with Gasteiger partial charge < -0.3 is 9.57 Å². The normalized spacial score (nSPS) is 20.2. The summed E-state index contributed by atoms with van der Waals surface area (Å²) < 4.78 is 4.56. The van der Waals surface area contributed by atoms with Crippen molar-refractivity contribution in [3.05, 3.63) is 0 Å². The molecule has 0 aliphatic heterocycles. The second kappa shape index (κ2) is 2.56. The summed E-state index contributed by atoms with van der Waals surface area (Å²) in [7, 11) is 1.37. The van der Waals surface area contributed by atoms with Crippen LogP contribution in [0.5, 0.6) is 0 Å². The van der Waals surface area contributed by atoms with Gasteiger partial charge in [-0.05, 0) is 12.8 Å². The lowest BCUT2D eigenvalue weighted by Crippen LogP contribution is -2.24. The molecule has 4 heteroatoms. The minimum Gasteiger partial charge on any atom is -0.469 e. The first kappa shape index (κ1) is 7.50. The van der Waals surface area contributed by atoms with Gasteiger partial charge in [-0.25, -0.2) is 5.90 Å². The molecule has 10 heavy (non-hydrogen) atoms. The average molecular weight is 145 g/mol. The maximum absolute atomic E-state index is 10.9. The summed E-state index contributed by atoms with van der Waals surface area (Å²) in [5, 5.41) is 0. The highest BCUT2D eigenvalue weighted by atomic mass is 16.6. The van der Waals surface area contributed by atoms with Gasteiger partial charge in [-0.1, -0.05) is 0 Å². The van der Waals surface area contributed by atoms with Crippen molar-refractivity contribution in [3.8, 4) is 0 Å². The van der Waals surface area contributed by atoms with Crippen molar-refractivity contribution in [1.29, 1.82) is 0 Å². The van der Waals surface area contributed by atoms with Crippen LogP contribution < -0.4 is 5.90 Å². The highest BCUT2D eigenvalue weighted by Crippen LogP contribution is 2.46. The summed E-state index contributed by atoms with van der Waals surface area (Å²) in [6.07, 6.45) is 1.66. The van der Waals surface area contributed by atoms with Crippen LogP contribution in [0.2, 0.25) is 0 Å². The number of rotatable bonds is 3. The van der Waals surface area contributed by atoms with Gasteiger partial charge in [0.15, 0.2) is 0 Å². The zero-order valence-electron chi connectivity index (χ0n) is 5.92. The Bertz CT molecular complexity index is 142. The molecule has 0 spiro atoms. The molecular weight excluding hydrogens is 134 g/mol. The third kappa shape index (κ3) is 1.12. The number of methoxy groups -OCH3 is 1. The van der Waals surface area contributed by atoms with Crippen LogP contribution >= 0.6 is 0 Å². The van der Waals surface area contributed by atoms with Crippen molar-refractivity contribution in [2.24, 2.45) is 11.3 Å². The van der Waals surface area contributed by atoms with Gasteiger partial charge in [-0.3, -0.25) is 4.79 Å². The fraction of sp³-hybridized carbons (Fsp3) is 0.833. The second-order valence-corrected chi connectivity index (χ2v) is 2.58. The molecule has 4 nitrogen and oxygen atoms in total. The largest absolute Gasteiger partial charge is 0.469 e. The van der Waals surface area contributed by atoms with E-state index in [2.05, 4.69) is 9.57 Å². The molecule has 2 N–H and O–H groups in total. The molecule has 58 valence electrons. The third-order valence-electron chi connectivity index (χ3n) is 1.83. The summed E-state index contributed by atoms with van der Waals surface area (Å²) in [5.74, 6) is 4.63. The van der Waals surface area contributed by atoms with Crippen LogP contribution in [0.4, 0.5) is 0 Å². The lowest BCUT2D eigenvalue weighted by molar-refractivity contribution is -0.149. The Hall–Kier alpha value is -0.610. The molecule has 1 aliphatic carbocycles. The summed E-state index contributed by atoms with van der Waals surface area (Å²) in [5.41, 5.74) is -0.399. The van der Waals surface area contributed by atoms with Crippen molar-refractivity contribution >= 4 is 5.97 Å². The molecular formula is C6H11NO3. The number of ether oxygens (including phenoxy) is 1. The minimum absolute atomic E-state index is 0.210. The summed E-state index contributed by atoms with van der Waals surface area (Å²) >= 11 is 0. The first-order valence-corrected chi connectivity index (χ1v) is 3.15. The molecule has 0 amide bonds. The van der Waals surface area contributed by atoms with Crippen LogP contribution in [-0.2, 0) is 14.4 Å². The SMILES string of the molecule is COC(=O)C1(CON)CC1. The first-order chi connectivity index (χ1) is 4.75. The summed E-state index contributed by atoms with van der Waals surface area (Å²) in [6.45, 7) is 0.277. The molecule has 1 fully saturated rings.